The molecule has 4 N–H and O–H groups in total. The SMILES string of the molecule is Cl.Cl.NCCC(=O)NC1CCN(CC(=O)Nc2ccccc2)CC1. The van der Waals surface area contributed by atoms with Gasteiger partial charge in [-0.25, -0.2) is 0 Å². The van der Waals surface area contributed by atoms with E-state index in [1.165, 1.54) is 0 Å². The zero-order valence-corrected chi connectivity index (χ0v) is 15.2. The molecule has 0 spiro atoms. The Morgan fingerprint density at radius 3 is 2.29 bits per heavy atom. The fourth-order valence-corrected chi connectivity index (χ4v) is 2.59. The number of benzene rings is 1. The molecule has 1 heterocycles. The summed E-state index contributed by atoms with van der Waals surface area (Å²) in [7, 11) is 0. The number of para-hydroxylation sites is 1. The molecule has 136 valence electrons. The Morgan fingerprint density at radius 1 is 1.08 bits per heavy atom. The van der Waals surface area contributed by atoms with E-state index in [2.05, 4.69) is 15.5 Å². The third-order valence-electron chi connectivity index (χ3n) is 3.75. The van der Waals surface area contributed by atoms with Crippen LogP contribution < -0.4 is 16.4 Å². The molecule has 1 aliphatic heterocycles. The monoisotopic (exact) mass is 376 g/mol. The Morgan fingerprint density at radius 2 is 1.71 bits per heavy atom. The number of anilines is 1. The number of nitrogens with zero attached hydrogens (tertiary/aromatic N) is 1. The Hall–Kier alpha value is -1.34. The maximum atomic E-state index is 12.0. The molecule has 1 aliphatic rings. The summed E-state index contributed by atoms with van der Waals surface area (Å²) in [6, 6.07) is 9.65. The van der Waals surface area contributed by atoms with Gasteiger partial charge in [-0.15, -0.1) is 24.8 Å². The Bertz CT molecular complexity index is 494. The van der Waals surface area contributed by atoms with Crippen LogP contribution in [-0.4, -0.2) is 48.9 Å². The van der Waals surface area contributed by atoms with E-state index < -0.39 is 0 Å². The van der Waals surface area contributed by atoms with E-state index in [9.17, 15) is 9.59 Å². The van der Waals surface area contributed by atoms with Crippen molar-refractivity contribution in [1.82, 2.24) is 10.2 Å². The second-order valence-electron chi connectivity index (χ2n) is 5.57. The molecule has 0 bridgehead atoms. The first-order valence-corrected chi connectivity index (χ1v) is 7.74. The van der Waals surface area contributed by atoms with Crippen molar-refractivity contribution in [1.29, 1.82) is 0 Å². The lowest BCUT2D eigenvalue weighted by molar-refractivity contribution is -0.122. The van der Waals surface area contributed by atoms with E-state index in [-0.39, 0.29) is 42.7 Å². The van der Waals surface area contributed by atoms with E-state index in [0.29, 0.717) is 19.5 Å². The van der Waals surface area contributed by atoms with Gasteiger partial charge in [0, 0.05) is 37.8 Å². The van der Waals surface area contributed by atoms with Crippen LogP contribution in [0.15, 0.2) is 30.3 Å². The molecule has 0 aliphatic carbocycles. The number of piperidine rings is 1. The Balaban J connectivity index is 0.00000264. The summed E-state index contributed by atoms with van der Waals surface area (Å²) < 4.78 is 0. The number of amides is 2. The number of rotatable bonds is 6. The molecular weight excluding hydrogens is 351 g/mol. The fourth-order valence-electron chi connectivity index (χ4n) is 2.59. The molecule has 6 nitrogen and oxygen atoms in total. The number of nitrogens with one attached hydrogen (secondary N) is 2. The van der Waals surface area contributed by atoms with E-state index in [4.69, 9.17) is 5.73 Å². The van der Waals surface area contributed by atoms with E-state index in [0.717, 1.165) is 31.6 Å². The van der Waals surface area contributed by atoms with E-state index >= 15 is 0 Å². The van der Waals surface area contributed by atoms with Crippen molar-refractivity contribution in [2.45, 2.75) is 25.3 Å². The largest absolute Gasteiger partial charge is 0.353 e. The van der Waals surface area contributed by atoms with E-state index in [1.807, 2.05) is 30.3 Å². The maximum absolute atomic E-state index is 12.0. The second-order valence-corrected chi connectivity index (χ2v) is 5.57. The molecule has 0 atom stereocenters. The summed E-state index contributed by atoms with van der Waals surface area (Å²) in [4.78, 5) is 25.6. The first-order valence-electron chi connectivity index (χ1n) is 7.74. The third-order valence-corrected chi connectivity index (χ3v) is 3.75. The normalized spacial score (nSPS) is 14.9. The zero-order valence-electron chi connectivity index (χ0n) is 13.6. The molecule has 8 heteroatoms. The lowest BCUT2D eigenvalue weighted by Gasteiger charge is -2.31. The molecule has 0 aromatic heterocycles. The molecule has 1 aromatic rings. The van der Waals surface area contributed by atoms with Crippen LogP contribution in [0.4, 0.5) is 5.69 Å². The maximum Gasteiger partial charge on any atom is 0.238 e. The third kappa shape index (κ3) is 7.97. The smallest absolute Gasteiger partial charge is 0.238 e. The summed E-state index contributed by atoms with van der Waals surface area (Å²) in [5.41, 5.74) is 6.18. The van der Waals surface area contributed by atoms with Gasteiger partial charge in [-0.3, -0.25) is 14.5 Å². The second kappa shape index (κ2) is 12.1. The number of carbonyl (C=O) groups is 2. The zero-order chi connectivity index (χ0) is 15.8. The van der Waals surface area contributed by atoms with Crippen LogP contribution in [0.1, 0.15) is 19.3 Å². The first-order chi connectivity index (χ1) is 10.7. The van der Waals surface area contributed by atoms with Crippen LogP contribution in [-0.2, 0) is 9.59 Å². The van der Waals surface area contributed by atoms with Crippen LogP contribution in [0, 0.1) is 0 Å². The molecule has 1 aromatic carbocycles. The van der Waals surface area contributed by atoms with Gasteiger partial charge in [0.05, 0.1) is 6.54 Å². The topological polar surface area (TPSA) is 87.5 Å². The van der Waals surface area contributed by atoms with Crippen molar-refractivity contribution in [3.8, 4) is 0 Å². The summed E-state index contributed by atoms with van der Waals surface area (Å²) in [5, 5.41) is 5.87. The Labute approximate surface area is 155 Å². The van der Waals surface area contributed by atoms with Crippen molar-refractivity contribution in [2.24, 2.45) is 5.73 Å². The van der Waals surface area contributed by atoms with Crippen LogP contribution in [0.25, 0.3) is 0 Å². The number of carbonyl (C=O) groups excluding carboxylic acids is 2. The minimum Gasteiger partial charge on any atom is -0.353 e. The lowest BCUT2D eigenvalue weighted by atomic mass is 10.0. The molecular formula is C16H26Cl2N4O2. The molecule has 0 unspecified atom stereocenters. The number of hydrogen-bond donors (Lipinski definition) is 3. The van der Waals surface area contributed by atoms with Crippen LogP contribution in [0.5, 0.6) is 0 Å². The molecule has 1 fully saturated rings. The molecule has 2 amide bonds. The van der Waals surface area contributed by atoms with Crippen LogP contribution in [0.3, 0.4) is 0 Å². The molecule has 0 saturated carbocycles. The predicted molar refractivity (Wildman–Crippen MR) is 101 cm³/mol. The number of nitrogens with two attached hydrogens (primary N) is 1. The van der Waals surface area contributed by atoms with Crippen LogP contribution in [0.2, 0.25) is 0 Å². The van der Waals surface area contributed by atoms with Gasteiger partial charge in [-0.05, 0) is 25.0 Å². The van der Waals surface area contributed by atoms with Crippen molar-refractivity contribution < 1.29 is 9.59 Å². The molecule has 1 saturated heterocycles. The number of halogens is 2. The number of likely N-dealkylation sites (tertiary alicyclic amines) is 1. The standard InChI is InChI=1S/C16H24N4O2.2ClH/c17-9-6-15(21)18-14-7-10-20(11-8-14)12-16(22)19-13-4-2-1-3-5-13;;/h1-5,14H,6-12,17H2,(H,18,21)(H,19,22);2*1H. The van der Waals surface area contributed by atoms with Gasteiger partial charge >= 0.3 is 0 Å². The van der Waals surface area contributed by atoms with Crippen molar-refractivity contribution in [3.63, 3.8) is 0 Å². The van der Waals surface area contributed by atoms with Gasteiger partial charge in [0.1, 0.15) is 0 Å². The molecule has 2 rings (SSSR count). The van der Waals surface area contributed by atoms with Crippen molar-refractivity contribution in [2.75, 3.05) is 31.5 Å². The molecule has 24 heavy (non-hydrogen) atoms. The fraction of sp³-hybridized carbons (Fsp3) is 0.500. The van der Waals surface area contributed by atoms with E-state index in [1.54, 1.807) is 0 Å². The van der Waals surface area contributed by atoms with Crippen molar-refractivity contribution >= 4 is 42.3 Å². The van der Waals surface area contributed by atoms with Gasteiger partial charge in [0.15, 0.2) is 0 Å². The average Bonchev–Trinajstić information content (AvgIpc) is 2.50. The highest BCUT2D eigenvalue weighted by molar-refractivity contribution is 5.92. The van der Waals surface area contributed by atoms with Crippen LogP contribution >= 0.6 is 24.8 Å². The summed E-state index contributed by atoms with van der Waals surface area (Å²) in [6.07, 6.45) is 2.11. The average molecular weight is 377 g/mol. The first kappa shape index (κ1) is 22.7. The van der Waals surface area contributed by atoms with Gasteiger partial charge in [-0.1, -0.05) is 18.2 Å². The van der Waals surface area contributed by atoms with Gasteiger partial charge < -0.3 is 16.4 Å². The summed E-state index contributed by atoms with van der Waals surface area (Å²) >= 11 is 0. The molecule has 0 radical (unpaired) electrons. The minimum atomic E-state index is -0.00295. The highest BCUT2D eigenvalue weighted by Crippen LogP contribution is 2.11. The van der Waals surface area contributed by atoms with Crippen molar-refractivity contribution in [3.05, 3.63) is 30.3 Å². The summed E-state index contributed by atoms with van der Waals surface area (Å²) in [6.45, 7) is 2.40. The summed E-state index contributed by atoms with van der Waals surface area (Å²) in [5.74, 6) is 0.0135. The lowest BCUT2D eigenvalue weighted by Crippen LogP contribution is -2.46. The highest BCUT2D eigenvalue weighted by atomic mass is 35.5. The Kier molecular flexibility index (Phi) is 11.4. The quantitative estimate of drug-likeness (QED) is 0.699. The van der Waals surface area contributed by atoms with Gasteiger partial charge in [0.2, 0.25) is 11.8 Å². The van der Waals surface area contributed by atoms with Gasteiger partial charge in [0.25, 0.3) is 0 Å². The minimum absolute atomic E-state index is 0. The number of hydrogen-bond acceptors (Lipinski definition) is 4. The highest BCUT2D eigenvalue weighted by Gasteiger charge is 2.21. The van der Waals surface area contributed by atoms with Gasteiger partial charge in [-0.2, -0.15) is 0 Å². The predicted octanol–water partition coefficient (Wildman–Crippen LogP) is 1.40.